The molecule has 9 amide bonds. The van der Waals surface area contributed by atoms with Crippen molar-refractivity contribution in [2.24, 2.45) is 11.5 Å². The molecule has 0 heterocycles. The molecule has 0 aliphatic heterocycles. The van der Waals surface area contributed by atoms with Gasteiger partial charge in [-0.1, -0.05) is 0 Å². The zero-order chi connectivity index (χ0) is 39.6. The van der Waals surface area contributed by atoms with E-state index >= 15 is 0 Å². The van der Waals surface area contributed by atoms with Crippen molar-refractivity contribution in [3.05, 3.63) is 0 Å². The van der Waals surface area contributed by atoms with Gasteiger partial charge in [-0.15, -0.1) is 0 Å². The number of rotatable bonds is 26. The molecule has 294 valence electrons. The van der Waals surface area contributed by atoms with E-state index in [1.54, 1.807) is 0 Å². The summed E-state index contributed by atoms with van der Waals surface area (Å²) >= 11 is 12.1. The smallest absolute Gasteiger partial charge is 0.326 e. The standard InChI is InChI=1S/C27H47N11O11S3/c28-4-2-1-3-14(27(48)49)35-22(43)9-32-20(41)7-31-21(42)8-34-24(45)15(11-50)37-26(47)17(13-52)38-25(46)16(12-51)36-23(44)10-33-19(40)6-30-18(39)5-29/h14-17,50-52H,1-13,28-29H2,(H,30,39)(H,31,42)(H,32,41)(H,33,40)(H,34,45)(H,35,43)(H,36,44)(H,37,47)(H,38,46)(H,48,49)/t14-,15-,16-,17-/m0/s1. The average molecular weight is 798 g/mol. The van der Waals surface area contributed by atoms with Crippen LogP contribution in [0.2, 0.25) is 0 Å². The van der Waals surface area contributed by atoms with Gasteiger partial charge in [0.25, 0.3) is 0 Å². The number of nitrogens with two attached hydrogens (primary N) is 2. The molecule has 0 aromatic heterocycles. The summed E-state index contributed by atoms with van der Waals surface area (Å²) in [4.78, 5) is 121. The van der Waals surface area contributed by atoms with Crippen molar-refractivity contribution in [2.75, 3.05) is 63.1 Å². The van der Waals surface area contributed by atoms with Crippen LogP contribution in [0.1, 0.15) is 19.3 Å². The Morgan fingerprint density at radius 1 is 0.462 bits per heavy atom. The Hall–Kier alpha value is -4.33. The van der Waals surface area contributed by atoms with Crippen LogP contribution < -0.4 is 59.3 Å². The third kappa shape index (κ3) is 21.1. The Balaban J connectivity index is 4.76. The van der Waals surface area contributed by atoms with Crippen molar-refractivity contribution in [1.29, 1.82) is 0 Å². The number of thiol groups is 3. The highest BCUT2D eigenvalue weighted by molar-refractivity contribution is 7.80. The van der Waals surface area contributed by atoms with Crippen LogP contribution in [0.5, 0.6) is 0 Å². The van der Waals surface area contributed by atoms with Crippen molar-refractivity contribution in [1.82, 2.24) is 47.9 Å². The minimum atomic E-state index is -1.30. The average Bonchev–Trinajstić information content (AvgIpc) is 3.12. The lowest BCUT2D eigenvalue weighted by Gasteiger charge is -2.23. The molecule has 0 saturated heterocycles. The Kier molecular flexibility index (Phi) is 25.1. The van der Waals surface area contributed by atoms with Gasteiger partial charge in [0.15, 0.2) is 0 Å². The molecule has 0 fully saturated rings. The lowest BCUT2D eigenvalue weighted by Crippen LogP contribution is -2.58. The van der Waals surface area contributed by atoms with Crippen LogP contribution in [0, 0.1) is 0 Å². The van der Waals surface area contributed by atoms with E-state index in [0.29, 0.717) is 19.4 Å². The Labute approximate surface area is 315 Å². The van der Waals surface area contributed by atoms with Gasteiger partial charge in [-0.25, -0.2) is 4.79 Å². The summed E-state index contributed by atoms with van der Waals surface area (Å²) < 4.78 is 0. The zero-order valence-corrected chi connectivity index (χ0v) is 30.7. The highest BCUT2D eigenvalue weighted by Gasteiger charge is 2.28. The second-order valence-electron chi connectivity index (χ2n) is 10.6. The molecule has 0 aliphatic rings. The van der Waals surface area contributed by atoms with E-state index in [1.807, 2.05) is 0 Å². The summed E-state index contributed by atoms with van der Waals surface area (Å²) in [6.07, 6.45) is 1.21. The van der Waals surface area contributed by atoms with Crippen LogP contribution in [0.3, 0.4) is 0 Å². The molecule has 0 aromatic carbocycles. The zero-order valence-electron chi connectivity index (χ0n) is 28.0. The molecular formula is C27H47N11O11S3. The quantitative estimate of drug-likeness (QED) is 0.0286. The fraction of sp³-hybridized carbons (Fsp3) is 0.630. The van der Waals surface area contributed by atoms with Gasteiger partial charge in [-0.2, -0.15) is 37.9 Å². The molecule has 22 nitrogen and oxygen atoms in total. The number of carboxylic acids is 1. The minimum absolute atomic E-state index is 0.155. The van der Waals surface area contributed by atoms with E-state index in [1.165, 1.54) is 0 Å². The molecule has 0 spiro atoms. The summed E-state index contributed by atoms with van der Waals surface area (Å²) in [5, 5.41) is 29.7. The van der Waals surface area contributed by atoms with Gasteiger partial charge in [0, 0.05) is 17.3 Å². The summed E-state index contributed by atoms with van der Waals surface area (Å²) in [7, 11) is 0. The van der Waals surface area contributed by atoms with Gasteiger partial charge in [-0.3, -0.25) is 43.2 Å². The van der Waals surface area contributed by atoms with Gasteiger partial charge in [0.2, 0.25) is 53.2 Å². The van der Waals surface area contributed by atoms with Crippen LogP contribution in [0.25, 0.3) is 0 Å². The number of hydrogen-bond donors (Lipinski definition) is 15. The van der Waals surface area contributed by atoms with E-state index in [9.17, 15) is 53.1 Å². The summed E-state index contributed by atoms with van der Waals surface area (Å²) in [6, 6.07) is -4.99. The summed E-state index contributed by atoms with van der Waals surface area (Å²) in [5.41, 5.74) is 10.5. The number of aliphatic carboxylic acids is 1. The highest BCUT2D eigenvalue weighted by Crippen LogP contribution is 2.01. The molecule has 14 N–H and O–H groups in total. The van der Waals surface area contributed by atoms with Crippen molar-refractivity contribution in [3.63, 3.8) is 0 Å². The third-order valence-electron chi connectivity index (χ3n) is 6.44. The number of carboxylic acid groups (broad SMARTS) is 1. The Bertz CT molecular complexity index is 1280. The minimum Gasteiger partial charge on any atom is -0.480 e. The molecule has 0 radical (unpaired) electrons. The SMILES string of the molecule is NCCCC[C@H](NC(=O)CNC(=O)CNC(=O)CNC(=O)[C@H](CS)NC(=O)[C@H](CS)NC(=O)[C@H](CS)NC(=O)CNC(=O)CNC(=O)CN)C(=O)O. The van der Waals surface area contributed by atoms with E-state index in [4.69, 9.17) is 11.5 Å². The van der Waals surface area contributed by atoms with E-state index in [-0.39, 0.29) is 30.2 Å². The molecular weight excluding hydrogens is 751 g/mol. The molecule has 0 rings (SSSR count). The number of nitrogens with one attached hydrogen (secondary N) is 9. The van der Waals surface area contributed by atoms with E-state index < -0.39 is 116 Å². The van der Waals surface area contributed by atoms with Gasteiger partial charge in [0.1, 0.15) is 24.2 Å². The second-order valence-corrected chi connectivity index (χ2v) is 11.7. The van der Waals surface area contributed by atoms with Gasteiger partial charge >= 0.3 is 5.97 Å². The maximum Gasteiger partial charge on any atom is 0.326 e. The first-order valence-corrected chi connectivity index (χ1v) is 17.5. The fourth-order valence-corrected chi connectivity index (χ4v) is 4.40. The van der Waals surface area contributed by atoms with E-state index in [2.05, 4.69) is 85.7 Å². The Morgan fingerprint density at radius 2 is 0.827 bits per heavy atom. The maximum absolute atomic E-state index is 12.8. The first-order chi connectivity index (χ1) is 24.6. The van der Waals surface area contributed by atoms with Crippen LogP contribution in [0.4, 0.5) is 0 Å². The molecule has 25 heteroatoms. The van der Waals surface area contributed by atoms with Gasteiger partial charge < -0.3 is 64.4 Å². The van der Waals surface area contributed by atoms with Crippen LogP contribution in [-0.4, -0.2) is 151 Å². The van der Waals surface area contributed by atoms with Crippen LogP contribution in [-0.2, 0) is 47.9 Å². The van der Waals surface area contributed by atoms with Crippen molar-refractivity contribution in [3.8, 4) is 0 Å². The van der Waals surface area contributed by atoms with Crippen molar-refractivity contribution in [2.45, 2.75) is 43.4 Å². The monoisotopic (exact) mass is 797 g/mol. The third-order valence-corrected chi connectivity index (χ3v) is 7.53. The first kappa shape index (κ1) is 47.7. The first-order valence-electron chi connectivity index (χ1n) is 15.6. The second kappa shape index (κ2) is 27.3. The molecule has 0 aliphatic carbocycles. The van der Waals surface area contributed by atoms with E-state index in [0.717, 1.165) is 0 Å². The number of unbranched alkanes of at least 4 members (excludes halogenated alkanes) is 1. The number of hydrogen-bond acceptors (Lipinski definition) is 15. The number of carbonyl (C=O) groups excluding carboxylic acids is 9. The lowest BCUT2D eigenvalue weighted by atomic mass is 10.1. The fourth-order valence-electron chi connectivity index (χ4n) is 3.63. The van der Waals surface area contributed by atoms with Crippen LogP contribution in [0.15, 0.2) is 0 Å². The highest BCUT2D eigenvalue weighted by atomic mass is 32.1. The number of carbonyl (C=O) groups is 10. The predicted octanol–water partition coefficient (Wildman–Crippen LogP) is -7.53. The normalized spacial score (nSPS) is 12.7. The van der Waals surface area contributed by atoms with Gasteiger partial charge in [-0.05, 0) is 25.8 Å². The maximum atomic E-state index is 12.8. The topological polar surface area (TPSA) is 351 Å². The molecule has 0 unspecified atom stereocenters. The number of amides is 9. The Morgan fingerprint density at radius 3 is 1.23 bits per heavy atom. The summed E-state index contributed by atoms with van der Waals surface area (Å²) in [5.74, 6) is -8.84. The van der Waals surface area contributed by atoms with Crippen molar-refractivity contribution < 1.29 is 53.1 Å². The molecule has 0 aromatic rings. The molecule has 0 bridgehead atoms. The predicted molar refractivity (Wildman–Crippen MR) is 194 cm³/mol. The molecule has 52 heavy (non-hydrogen) atoms. The molecule has 0 saturated carbocycles. The van der Waals surface area contributed by atoms with Gasteiger partial charge in [0.05, 0.1) is 39.3 Å². The largest absolute Gasteiger partial charge is 0.480 e. The van der Waals surface area contributed by atoms with Crippen molar-refractivity contribution >= 4 is 97.0 Å². The molecule has 4 atom stereocenters. The lowest BCUT2D eigenvalue weighted by molar-refractivity contribution is -0.142. The van der Waals surface area contributed by atoms with Crippen LogP contribution >= 0.6 is 37.9 Å². The summed E-state index contributed by atoms with van der Waals surface area (Å²) in [6.45, 7) is -2.66.